The van der Waals surface area contributed by atoms with Crippen LogP contribution in [0.15, 0.2) is 59.8 Å². The first-order chi connectivity index (χ1) is 10.3. The molecule has 0 saturated carbocycles. The standard InChI is InChI=1S/C17H11NO3/c19-10-15-12(6-3-7-17(15)20)13-8-9-16(18-21)14-5-2-1-4-11(13)14/h1-10,20H. The van der Waals surface area contributed by atoms with Crippen molar-refractivity contribution in [3.8, 4) is 16.9 Å². The zero-order valence-corrected chi connectivity index (χ0v) is 11.0. The van der Waals surface area contributed by atoms with Crippen LogP contribution in [0.3, 0.4) is 0 Å². The molecule has 0 fully saturated rings. The van der Waals surface area contributed by atoms with Crippen LogP contribution in [0.25, 0.3) is 21.9 Å². The summed E-state index contributed by atoms with van der Waals surface area (Å²) in [4.78, 5) is 22.2. The SMILES string of the molecule is O=Cc1c(O)cccc1-c1ccc(N=O)c2ccccc12. The number of carbonyl (C=O) groups excluding carboxylic acids is 1. The first kappa shape index (κ1) is 13.0. The van der Waals surface area contributed by atoms with Gasteiger partial charge in [0, 0.05) is 5.39 Å². The summed E-state index contributed by atoms with van der Waals surface area (Å²) in [5.41, 5.74) is 1.98. The van der Waals surface area contributed by atoms with E-state index in [0.29, 0.717) is 22.9 Å². The van der Waals surface area contributed by atoms with Crippen LogP contribution in [0.1, 0.15) is 10.4 Å². The molecule has 0 radical (unpaired) electrons. The Kier molecular flexibility index (Phi) is 3.20. The third-order valence-corrected chi connectivity index (χ3v) is 3.49. The average Bonchev–Trinajstić information content (AvgIpc) is 2.53. The van der Waals surface area contributed by atoms with Gasteiger partial charge in [0.2, 0.25) is 0 Å². The number of carbonyl (C=O) groups is 1. The maximum Gasteiger partial charge on any atom is 0.154 e. The van der Waals surface area contributed by atoms with Crippen molar-refractivity contribution in [2.75, 3.05) is 0 Å². The molecule has 0 spiro atoms. The summed E-state index contributed by atoms with van der Waals surface area (Å²) in [5.74, 6) is -0.0656. The molecule has 0 amide bonds. The molecule has 0 aliphatic heterocycles. The summed E-state index contributed by atoms with van der Waals surface area (Å²) in [6.45, 7) is 0. The molecular formula is C17H11NO3. The molecule has 3 aromatic carbocycles. The number of nitroso groups, excluding NO2 is 1. The van der Waals surface area contributed by atoms with Crippen LogP contribution < -0.4 is 0 Å². The van der Waals surface area contributed by atoms with Gasteiger partial charge in [0.1, 0.15) is 11.4 Å². The second-order valence-electron chi connectivity index (χ2n) is 4.63. The number of aromatic hydroxyl groups is 1. The fourth-order valence-corrected chi connectivity index (χ4v) is 2.51. The first-order valence-corrected chi connectivity index (χ1v) is 6.39. The second-order valence-corrected chi connectivity index (χ2v) is 4.63. The number of hydrogen-bond donors (Lipinski definition) is 1. The zero-order valence-electron chi connectivity index (χ0n) is 11.0. The topological polar surface area (TPSA) is 66.7 Å². The van der Waals surface area contributed by atoms with Gasteiger partial charge in [0.15, 0.2) is 6.29 Å². The van der Waals surface area contributed by atoms with Crippen molar-refractivity contribution < 1.29 is 9.90 Å². The Hall–Kier alpha value is -3.01. The van der Waals surface area contributed by atoms with Crippen LogP contribution in [0.2, 0.25) is 0 Å². The summed E-state index contributed by atoms with van der Waals surface area (Å²) in [7, 11) is 0. The van der Waals surface area contributed by atoms with E-state index in [2.05, 4.69) is 5.18 Å². The molecule has 3 aromatic rings. The summed E-state index contributed by atoms with van der Waals surface area (Å²) >= 11 is 0. The number of nitrogens with zero attached hydrogens (tertiary/aromatic N) is 1. The van der Waals surface area contributed by atoms with E-state index in [4.69, 9.17) is 0 Å². The third-order valence-electron chi connectivity index (χ3n) is 3.49. The molecule has 0 bridgehead atoms. The lowest BCUT2D eigenvalue weighted by Crippen LogP contribution is -1.89. The lowest BCUT2D eigenvalue weighted by Gasteiger charge is -2.11. The smallest absolute Gasteiger partial charge is 0.154 e. The van der Waals surface area contributed by atoms with Crippen LogP contribution in [-0.4, -0.2) is 11.4 Å². The van der Waals surface area contributed by atoms with Crippen molar-refractivity contribution >= 4 is 22.7 Å². The molecule has 0 atom stereocenters. The van der Waals surface area contributed by atoms with Crippen LogP contribution in [-0.2, 0) is 0 Å². The first-order valence-electron chi connectivity index (χ1n) is 6.39. The fraction of sp³-hybridized carbons (Fsp3) is 0. The van der Waals surface area contributed by atoms with Gasteiger partial charge < -0.3 is 5.11 Å². The van der Waals surface area contributed by atoms with Gasteiger partial charge in [-0.1, -0.05) is 42.5 Å². The van der Waals surface area contributed by atoms with Gasteiger partial charge in [0.25, 0.3) is 0 Å². The molecule has 4 heteroatoms. The van der Waals surface area contributed by atoms with Gasteiger partial charge in [-0.2, -0.15) is 0 Å². The molecule has 0 heterocycles. The van der Waals surface area contributed by atoms with Crippen LogP contribution in [0.5, 0.6) is 5.75 Å². The van der Waals surface area contributed by atoms with E-state index in [-0.39, 0.29) is 11.3 Å². The normalized spacial score (nSPS) is 10.5. The highest BCUT2D eigenvalue weighted by atomic mass is 16.3. The maximum atomic E-state index is 11.3. The van der Waals surface area contributed by atoms with E-state index in [1.165, 1.54) is 6.07 Å². The summed E-state index contributed by atoms with van der Waals surface area (Å²) in [5, 5.41) is 14.4. The molecule has 4 nitrogen and oxygen atoms in total. The number of rotatable bonds is 3. The zero-order chi connectivity index (χ0) is 14.8. The average molecular weight is 277 g/mol. The number of phenols is 1. The maximum absolute atomic E-state index is 11.3. The molecule has 0 unspecified atom stereocenters. The van der Waals surface area contributed by atoms with Crippen molar-refractivity contribution in [1.82, 2.24) is 0 Å². The third kappa shape index (κ3) is 2.07. The Labute approximate surface area is 120 Å². The van der Waals surface area contributed by atoms with E-state index >= 15 is 0 Å². The Balaban J connectivity index is 2.40. The van der Waals surface area contributed by atoms with Gasteiger partial charge in [-0.3, -0.25) is 4.79 Å². The van der Waals surface area contributed by atoms with Crippen molar-refractivity contribution in [1.29, 1.82) is 0 Å². The molecule has 0 aromatic heterocycles. The number of fused-ring (bicyclic) bond motifs is 1. The highest BCUT2D eigenvalue weighted by molar-refractivity contribution is 6.05. The largest absolute Gasteiger partial charge is 0.507 e. The van der Waals surface area contributed by atoms with Crippen LogP contribution in [0.4, 0.5) is 5.69 Å². The van der Waals surface area contributed by atoms with Crippen LogP contribution in [0, 0.1) is 4.91 Å². The Morgan fingerprint density at radius 2 is 1.62 bits per heavy atom. The molecule has 0 aliphatic carbocycles. The van der Waals surface area contributed by atoms with Crippen molar-refractivity contribution in [2.45, 2.75) is 0 Å². The van der Waals surface area contributed by atoms with Gasteiger partial charge >= 0.3 is 0 Å². The highest BCUT2D eigenvalue weighted by Gasteiger charge is 2.13. The minimum Gasteiger partial charge on any atom is -0.507 e. The number of benzene rings is 3. The van der Waals surface area contributed by atoms with E-state index in [9.17, 15) is 14.8 Å². The number of hydrogen-bond acceptors (Lipinski definition) is 4. The Morgan fingerprint density at radius 1 is 0.857 bits per heavy atom. The molecular weight excluding hydrogens is 266 g/mol. The number of phenolic OH excluding ortho intramolecular Hbond substituents is 1. The minimum absolute atomic E-state index is 0.0656. The summed E-state index contributed by atoms with van der Waals surface area (Å²) < 4.78 is 0. The molecule has 1 N–H and O–H groups in total. The molecule has 102 valence electrons. The fourth-order valence-electron chi connectivity index (χ4n) is 2.51. The lowest BCUT2D eigenvalue weighted by atomic mass is 9.94. The molecule has 3 rings (SSSR count). The molecule has 0 saturated heterocycles. The predicted molar refractivity (Wildman–Crippen MR) is 81.9 cm³/mol. The minimum atomic E-state index is -0.0656. The van der Waals surface area contributed by atoms with Gasteiger partial charge in [-0.15, -0.1) is 4.91 Å². The Bertz CT molecular complexity index is 856. The Morgan fingerprint density at radius 3 is 2.33 bits per heavy atom. The van der Waals surface area contributed by atoms with Gasteiger partial charge in [-0.05, 0) is 33.8 Å². The molecule has 0 aliphatic rings. The van der Waals surface area contributed by atoms with Crippen molar-refractivity contribution in [3.63, 3.8) is 0 Å². The highest BCUT2D eigenvalue weighted by Crippen LogP contribution is 2.37. The van der Waals surface area contributed by atoms with Crippen molar-refractivity contribution in [2.24, 2.45) is 5.18 Å². The number of aldehydes is 1. The van der Waals surface area contributed by atoms with E-state index < -0.39 is 0 Å². The molecule has 21 heavy (non-hydrogen) atoms. The van der Waals surface area contributed by atoms with Gasteiger partial charge in [-0.25, -0.2) is 0 Å². The van der Waals surface area contributed by atoms with Crippen LogP contribution >= 0.6 is 0 Å². The van der Waals surface area contributed by atoms with E-state index in [0.717, 1.165) is 10.9 Å². The van der Waals surface area contributed by atoms with E-state index in [1.807, 2.05) is 18.2 Å². The summed E-state index contributed by atoms with van der Waals surface area (Å²) in [6.07, 6.45) is 0.630. The monoisotopic (exact) mass is 277 g/mol. The quantitative estimate of drug-likeness (QED) is 0.569. The predicted octanol–water partition coefficient (Wildman–Crippen LogP) is 4.42. The van der Waals surface area contributed by atoms with Crippen molar-refractivity contribution in [3.05, 3.63) is 65.1 Å². The second kappa shape index (κ2) is 5.17. The van der Waals surface area contributed by atoms with Gasteiger partial charge in [0.05, 0.1) is 5.56 Å². The van der Waals surface area contributed by atoms with E-state index in [1.54, 1.807) is 30.3 Å². The summed E-state index contributed by atoms with van der Waals surface area (Å²) in [6, 6.07) is 15.6. The lowest BCUT2D eigenvalue weighted by molar-refractivity contribution is 0.112.